The minimum atomic E-state index is -0.590. The van der Waals surface area contributed by atoms with E-state index >= 15 is 0 Å². The molecule has 0 atom stereocenters. The van der Waals surface area contributed by atoms with Crippen LogP contribution in [-0.2, 0) is 16.6 Å². The molecule has 2 aromatic rings. The normalized spacial score (nSPS) is 15.1. The highest BCUT2D eigenvalue weighted by atomic mass is 19.1. The molecule has 146 valence electrons. The van der Waals surface area contributed by atoms with Crippen molar-refractivity contribution in [2.45, 2.75) is 52.1 Å². The number of ether oxygens (including phenoxy) is 1. The summed E-state index contributed by atoms with van der Waals surface area (Å²) in [5, 5.41) is 9.65. The predicted octanol–water partition coefficient (Wildman–Crippen LogP) is 5.32. The van der Waals surface area contributed by atoms with Crippen LogP contribution >= 0.6 is 0 Å². The highest BCUT2D eigenvalue weighted by Gasteiger charge is 2.40. The largest absolute Gasteiger partial charge is 0.443 e. The van der Waals surface area contributed by atoms with Gasteiger partial charge in [-0.15, -0.1) is 0 Å². The molecule has 0 N–H and O–H groups in total. The highest BCUT2D eigenvalue weighted by molar-refractivity contribution is 5.92. The van der Waals surface area contributed by atoms with Crippen LogP contribution in [0.3, 0.4) is 0 Å². The van der Waals surface area contributed by atoms with E-state index in [-0.39, 0.29) is 11.2 Å². The Morgan fingerprint density at radius 1 is 1.25 bits per heavy atom. The van der Waals surface area contributed by atoms with Crippen LogP contribution in [0.1, 0.15) is 56.9 Å². The van der Waals surface area contributed by atoms with Crippen LogP contribution in [0.25, 0.3) is 0 Å². The SMILES string of the molecule is CC(C)(C)OC(=O)N1CC(C)(C)c2cc(C#N)c(Cc3ccc(F)cc3)cc21. The first-order chi connectivity index (χ1) is 13.0. The zero-order valence-corrected chi connectivity index (χ0v) is 17.0. The van der Waals surface area contributed by atoms with Crippen LogP contribution in [0.5, 0.6) is 0 Å². The number of halogens is 1. The lowest BCUT2D eigenvalue weighted by atomic mass is 9.84. The van der Waals surface area contributed by atoms with Crippen molar-refractivity contribution in [1.82, 2.24) is 0 Å². The van der Waals surface area contributed by atoms with Gasteiger partial charge < -0.3 is 4.74 Å². The summed E-state index contributed by atoms with van der Waals surface area (Å²) in [6.07, 6.45) is 0.0933. The molecule has 0 saturated heterocycles. The van der Waals surface area contributed by atoms with Gasteiger partial charge in [-0.05, 0) is 68.1 Å². The molecule has 1 aliphatic rings. The molecule has 4 nitrogen and oxygen atoms in total. The average Bonchev–Trinajstić information content (AvgIpc) is 2.85. The Balaban J connectivity index is 2.03. The Labute approximate surface area is 165 Å². The van der Waals surface area contributed by atoms with Crippen molar-refractivity contribution >= 4 is 11.8 Å². The van der Waals surface area contributed by atoms with E-state index in [4.69, 9.17) is 4.74 Å². The van der Waals surface area contributed by atoms with E-state index in [0.29, 0.717) is 18.5 Å². The molecule has 0 fully saturated rings. The molecule has 0 spiro atoms. The smallest absolute Gasteiger partial charge is 0.414 e. The van der Waals surface area contributed by atoms with E-state index in [1.807, 2.05) is 32.9 Å². The first-order valence-corrected chi connectivity index (χ1v) is 9.33. The van der Waals surface area contributed by atoms with Gasteiger partial charge in [0, 0.05) is 12.0 Å². The van der Waals surface area contributed by atoms with Gasteiger partial charge in [0.15, 0.2) is 0 Å². The molecule has 0 bridgehead atoms. The molecule has 5 heteroatoms. The van der Waals surface area contributed by atoms with E-state index in [1.54, 1.807) is 17.0 Å². The third-order valence-electron chi connectivity index (χ3n) is 4.84. The number of hydrogen-bond donors (Lipinski definition) is 0. The summed E-state index contributed by atoms with van der Waals surface area (Å²) in [7, 11) is 0. The van der Waals surface area contributed by atoms with Gasteiger partial charge in [-0.1, -0.05) is 26.0 Å². The van der Waals surface area contributed by atoms with Crippen molar-refractivity contribution in [3.63, 3.8) is 0 Å². The summed E-state index contributed by atoms with van der Waals surface area (Å²) >= 11 is 0. The first kappa shape index (κ1) is 19.9. The van der Waals surface area contributed by atoms with Gasteiger partial charge in [-0.3, -0.25) is 4.90 Å². The topological polar surface area (TPSA) is 53.3 Å². The summed E-state index contributed by atoms with van der Waals surface area (Å²) in [5.74, 6) is -0.295. The van der Waals surface area contributed by atoms with Crippen LogP contribution in [-0.4, -0.2) is 18.2 Å². The van der Waals surface area contributed by atoms with E-state index < -0.39 is 11.7 Å². The summed E-state index contributed by atoms with van der Waals surface area (Å²) in [5.41, 5.74) is 3.13. The molecule has 28 heavy (non-hydrogen) atoms. The van der Waals surface area contributed by atoms with Gasteiger partial charge in [0.05, 0.1) is 17.3 Å². The summed E-state index contributed by atoms with van der Waals surface area (Å²) in [6.45, 7) is 10.1. The lowest BCUT2D eigenvalue weighted by Crippen LogP contribution is -2.38. The van der Waals surface area contributed by atoms with Crippen LogP contribution < -0.4 is 4.90 Å². The van der Waals surface area contributed by atoms with Crippen molar-refractivity contribution in [3.05, 3.63) is 64.5 Å². The molecule has 0 radical (unpaired) electrons. The molecule has 0 unspecified atom stereocenters. The Kier molecular flexibility index (Phi) is 4.93. The average molecular weight is 380 g/mol. The van der Waals surface area contributed by atoms with Gasteiger partial charge in [-0.2, -0.15) is 5.26 Å². The molecule has 2 aromatic carbocycles. The first-order valence-electron chi connectivity index (χ1n) is 9.33. The second-order valence-corrected chi connectivity index (χ2v) is 8.89. The third-order valence-corrected chi connectivity index (χ3v) is 4.84. The van der Waals surface area contributed by atoms with Crippen LogP contribution in [0, 0.1) is 17.1 Å². The number of rotatable bonds is 2. The Morgan fingerprint density at radius 3 is 2.46 bits per heavy atom. The maximum Gasteiger partial charge on any atom is 0.414 e. The van der Waals surface area contributed by atoms with Gasteiger partial charge in [0.1, 0.15) is 11.4 Å². The van der Waals surface area contributed by atoms with Crippen molar-refractivity contribution in [2.24, 2.45) is 0 Å². The van der Waals surface area contributed by atoms with Gasteiger partial charge in [-0.25, -0.2) is 9.18 Å². The quantitative estimate of drug-likeness (QED) is 0.708. The van der Waals surface area contributed by atoms with Gasteiger partial charge in [0.2, 0.25) is 0 Å². The standard InChI is InChI=1S/C23H25FN2O2/c1-22(2,3)28-21(27)26-14-23(4,5)19-11-17(13-25)16(12-20(19)26)10-15-6-8-18(24)9-7-15/h6-9,11-12H,10,14H2,1-5H3. The number of amides is 1. The lowest BCUT2D eigenvalue weighted by Gasteiger charge is -2.26. The number of carbonyl (C=O) groups is 1. The fraction of sp³-hybridized carbons (Fsp3) is 0.391. The summed E-state index contributed by atoms with van der Waals surface area (Å²) in [6, 6.07) is 12.3. The van der Waals surface area contributed by atoms with Crippen molar-refractivity contribution in [1.29, 1.82) is 5.26 Å². The molecule has 1 heterocycles. The number of hydrogen-bond acceptors (Lipinski definition) is 3. The molecule has 1 aliphatic heterocycles. The molecule has 0 aliphatic carbocycles. The molecule has 0 aromatic heterocycles. The molecular weight excluding hydrogens is 355 g/mol. The molecule has 1 amide bonds. The number of benzene rings is 2. The van der Waals surface area contributed by atoms with Gasteiger partial charge in [0.25, 0.3) is 0 Å². The van der Waals surface area contributed by atoms with Crippen molar-refractivity contribution < 1.29 is 13.9 Å². The lowest BCUT2D eigenvalue weighted by molar-refractivity contribution is 0.0579. The number of carbonyl (C=O) groups excluding carboxylic acids is 1. The predicted molar refractivity (Wildman–Crippen MR) is 107 cm³/mol. The van der Waals surface area contributed by atoms with E-state index in [0.717, 1.165) is 22.4 Å². The van der Waals surface area contributed by atoms with E-state index in [2.05, 4.69) is 19.9 Å². The maximum atomic E-state index is 13.2. The van der Waals surface area contributed by atoms with E-state index in [9.17, 15) is 14.4 Å². The molecule has 3 rings (SSSR count). The Morgan fingerprint density at radius 2 is 1.89 bits per heavy atom. The zero-order valence-electron chi connectivity index (χ0n) is 17.0. The minimum Gasteiger partial charge on any atom is -0.443 e. The number of fused-ring (bicyclic) bond motifs is 1. The second kappa shape index (κ2) is 6.94. The Bertz CT molecular complexity index is 950. The van der Waals surface area contributed by atoms with Crippen molar-refractivity contribution in [3.8, 4) is 6.07 Å². The van der Waals surface area contributed by atoms with Crippen LogP contribution in [0.4, 0.5) is 14.9 Å². The minimum absolute atomic E-state index is 0.285. The van der Waals surface area contributed by atoms with E-state index in [1.165, 1.54) is 12.1 Å². The Hall–Kier alpha value is -2.87. The number of anilines is 1. The maximum absolute atomic E-state index is 13.2. The monoisotopic (exact) mass is 380 g/mol. The summed E-state index contributed by atoms with van der Waals surface area (Å²) in [4.78, 5) is 14.4. The number of nitriles is 1. The highest BCUT2D eigenvalue weighted by Crippen LogP contribution is 2.42. The van der Waals surface area contributed by atoms with Crippen LogP contribution in [0.15, 0.2) is 36.4 Å². The van der Waals surface area contributed by atoms with Gasteiger partial charge >= 0.3 is 6.09 Å². The fourth-order valence-corrected chi connectivity index (χ4v) is 3.51. The molecular formula is C23H25FN2O2. The summed E-state index contributed by atoms with van der Waals surface area (Å²) < 4.78 is 18.8. The molecule has 0 saturated carbocycles. The fourth-order valence-electron chi connectivity index (χ4n) is 3.51. The number of nitrogens with zero attached hydrogens (tertiary/aromatic N) is 2. The van der Waals surface area contributed by atoms with Crippen molar-refractivity contribution in [2.75, 3.05) is 11.4 Å². The second-order valence-electron chi connectivity index (χ2n) is 8.89. The third kappa shape index (κ3) is 4.01. The zero-order chi connectivity index (χ0) is 20.7. The van der Waals surface area contributed by atoms with Crippen LogP contribution in [0.2, 0.25) is 0 Å².